The molecule has 0 amide bonds. The van der Waals surface area contributed by atoms with Crippen LogP contribution in [0.4, 0.5) is 4.79 Å². The topological polar surface area (TPSA) is 156 Å². The third-order valence-electron chi connectivity index (χ3n) is 10.4. The smallest absolute Gasteiger partial charge is 0.465 e. The van der Waals surface area contributed by atoms with Gasteiger partial charge in [0.2, 0.25) is 11.6 Å². The first-order valence-corrected chi connectivity index (χ1v) is 20.7. The number of para-hydroxylation sites is 1. The number of imidazole rings is 1. The van der Waals surface area contributed by atoms with Crippen LogP contribution in [0, 0.1) is 0 Å². The number of ether oxygens (including phenoxy) is 4. The molecule has 1 fully saturated rings. The molecule has 16 nitrogen and oxygen atoms in total. The molecule has 16 heteroatoms. The summed E-state index contributed by atoms with van der Waals surface area (Å²) in [5.41, 5.74) is 11.4. The Kier molecular flexibility index (Phi) is 15.0. The summed E-state index contributed by atoms with van der Waals surface area (Å²) in [5.74, 6) is 0.0526. The number of nitrogens with one attached hydrogen (secondary N) is 2. The largest absolute Gasteiger partial charge is 0.511 e. The van der Waals surface area contributed by atoms with Gasteiger partial charge < -0.3 is 23.8 Å². The zero-order valence-corrected chi connectivity index (χ0v) is 35.1. The average molecular weight is 813 g/mol. The highest BCUT2D eigenvalue weighted by Crippen LogP contribution is 2.29. The lowest BCUT2D eigenvalue weighted by Crippen LogP contribution is -2.48. The first-order valence-electron chi connectivity index (χ1n) is 20.7. The molecule has 0 aliphatic carbocycles. The van der Waals surface area contributed by atoms with Gasteiger partial charge >= 0.3 is 12.1 Å². The Hall–Kier alpha value is -5.90. The molecule has 1 unspecified atom stereocenters. The molecule has 316 valence electrons. The maximum atomic E-state index is 13.6. The van der Waals surface area contributed by atoms with E-state index < -0.39 is 18.4 Å². The molecule has 0 saturated carbocycles. The third-order valence-corrected chi connectivity index (χ3v) is 10.4. The molecule has 4 aromatic rings. The quantitative estimate of drug-likeness (QED) is 0.0239. The summed E-state index contributed by atoms with van der Waals surface area (Å²) in [6.45, 7) is 9.33. The molecule has 0 bridgehead atoms. The lowest BCUT2D eigenvalue weighted by atomic mass is 9.98. The molecular weight excluding hydrogens is 755 g/mol. The predicted octanol–water partition coefficient (Wildman–Crippen LogP) is 7.58. The van der Waals surface area contributed by atoms with Crippen molar-refractivity contribution in [1.29, 1.82) is 0 Å². The summed E-state index contributed by atoms with van der Waals surface area (Å²) in [6, 6.07) is 22.7. The number of fused-ring (bicyclic) bond motifs is 1. The van der Waals surface area contributed by atoms with Crippen molar-refractivity contribution in [3.05, 3.63) is 83.4 Å². The Morgan fingerprint density at radius 1 is 0.915 bits per heavy atom. The zero-order valence-electron chi connectivity index (χ0n) is 35.1. The summed E-state index contributed by atoms with van der Waals surface area (Å²) in [4.78, 5) is 38.1. The van der Waals surface area contributed by atoms with E-state index in [1.807, 2.05) is 66.8 Å². The number of carbonyl (C=O) groups is 2. The van der Waals surface area contributed by atoms with E-state index in [1.165, 1.54) is 26.2 Å². The SMILES string of the molecule is CCOc1nc2cccc(C(=O)OC(C)OC(=O)OCCCCCCCO/N=[N+](\C)N3[C@H](C)CCC[C@@H]3C)c2n1Cc1ccc(-c2ccccc2C2=NNN(C)N2)cc1. The fraction of sp³-hybridized carbons (Fsp3) is 0.488. The van der Waals surface area contributed by atoms with Crippen LogP contribution in [0.3, 0.4) is 0 Å². The molecule has 6 rings (SSSR count). The fourth-order valence-electron chi connectivity index (χ4n) is 7.59. The number of hydrogen-bond donors (Lipinski definition) is 2. The van der Waals surface area contributed by atoms with Crippen molar-refractivity contribution in [2.24, 2.45) is 10.4 Å². The number of piperidine rings is 1. The number of hydrogen-bond acceptors (Lipinski definition) is 13. The van der Waals surface area contributed by atoms with Crippen molar-refractivity contribution in [1.82, 2.24) is 30.6 Å². The molecule has 59 heavy (non-hydrogen) atoms. The van der Waals surface area contributed by atoms with Crippen LogP contribution in [0.1, 0.15) is 101 Å². The van der Waals surface area contributed by atoms with E-state index in [-0.39, 0.29) is 12.2 Å². The van der Waals surface area contributed by atoms with Crippen LogP contribution in [0.25, 0.3) is 22.2 Å². The van der Waals surface area contributed by atoms with Crippen LogP contribution >= 0.6 is 0 Å². The van der Waals surface area contributed by atoms with Gasteiger partial charge in [-0.1, -0.05) is 67.4 Å². The van der Waals surface area contributed by atoms with Gasteiger partial charge in [-0.25, -0.2) is 15.1 Å². The average Bonchev–Trinajstić information content (AvgIpc) is 3.81. The number of hydrazone groups is 1. The van der Waals surface area contributed by atoms with Crippen LogP contribution in [-0.2, 0) is 25.6 Å². The molecule has 3 atom stereocenters. The van der Waals surface area contributed by atoms with Gasteiger partial charge in [-0.15, -0.1) is 10.2 Å². The zero-order chi connectivity index (χ0) is 41.7. The molecule has 0 spiro atoms. The van der Waals surface area contributed by atoms with Crippen LogP contribution in [-0.4, -0.2) is 94.7 Å². The van der Waals surface area contributed by atoms with Gasteiger partial charge in [0.05, 0.1) is 48.4 Å². The van der Waals surface area contributed by atoms with Crippen LogP contribution in [0.2, 0.25) is 0 Å². The first kappa shape index (κ1) is 42.7. The second-order valence-corrected chi connectivity index (χ2v) is 14.9. The molecule has 2 N–H and O–H groups in total. The number of amidine groups is 1. The minimum atomic E-state index is -1.18. The van der Waals surface area contributed by atoms with Crippen LogP contribution in [0.5, 0.6) is 6.01 Å². The Morgan fingerprint density at radius 3 is 2.34 bits per heavy atom. The van der Waals surface area contributed by atoms with Gasteiger partial charge in [0.15, 0.2) is 12.9 Å². The number of aromatic nitrogens is 2. The molecule has 0 radical (unpaired) electrons. The van der Waals surface area contributed by atoms with Crippen LogP contribution in [0.15, 0.2) is 77.1 Å². The molecular formula is C43H58N9O7+. The second-order valence-electron chi connectivity index (χ2n) is 14.9. The first-order chi connectivity index (χ1) is 28.6. The van der Waals surface area contributed by atoms with Gasteiger partial charge in [-0.2, -0.15) is 9.99 Å². The Labute approximate surface area is 346 Å². The van der Waals surface area contributed by atoms with E-state index >= 15 is 0 Å². The predicted molar refractivity (Wildman–Crippen MR) is 222 cm³/mol. The summed E-state index contributed by atoms with van der Waals surface area (Å²) in [7, 11) is 3.79. The Morgan fingerprint density at radius 2 is 1.63 bits per heavy atom. The highest BCUT2D eigenvalue weighted by Gasteiger charge is 2.32. The Balaban J connectivity index is 0.971. The number of benzene rings is 3. The van der Waals surface area contributed by atoms with E-state index in [0.29, 0.717) is 55.3 Å². The Bertz CT molecular complexity index is 2080. The number of rotatable bonds is 19. The number of unbranched alkanes of at least 4 members (excludes halogenated alkanes) is 4. The van der Waals surface area contributed by atoms with Crippen molar-refractivity contribution < 1.29 is 38.2 Å². The van der Waals surface area contributed by atoms with Gasteiger partial charge in [-0.3, -0.25) is 9.99 Å². The minimum Gasteiger partial charge on any atom is -0.465 e. The standard InChI is InChI=1S/C43H57N9O7/c1-7-55-42-44-38-22-16-21-37(39(38)51(42)29-33-23-25-34(26-24-33)35-19-11-12-20-36(35)40-45-47-49(5)46-40)41(53)58-32(4)59-43(54)56-27-13-9-8-10-14-28-57-48-50(6)52-30(2)17-15-18-31(52)3/h11-12,16,19-26,30-32,48H,7-10,13-15,17-18,27-29H2,1-6H3/p+1/t30-,31+,32?. The lowest BCUT2D eigenvalue weighted by molar-refractivity contribution is -0.754. The normalized spacial score (nSPS) is 17.5. The summed E-state index contributed by atoms with van der Waals surface area (Å²) in [5, 5.41) is 12.6. The number of hydrazine groups is 3. The maximum absolute atomic E-state index is 13.6. The van der Waals surface area contributed by atoms with Gasteiger partial charge in [0.1, 0.15) is 6.61 Å². The third kappa shape index (κ3) is 11.2. The van der Waals surface area contributed by atoms with Gasteiger partial charge in [0, 0.05) is 24.3 Å². The van der Waals surface area contributed by atoms with Crippen molar-refractivity contribution in [2.75, 3.05) is 33.9 Å². The highest BCUT2D eigenvalue weighted by atomic mass is 16.8. The van der Waals surface area contributed by atoms with Crippen molar-refractivity contribution >= 4 is 29.0 Å². The summed E-state index contributed by atoms with van der Waals surface area (Å²) >= 11 is 0. The number of carbonyl (C=O) groups excluding carboxylic acids is 2. The van der Waals surface area contributed by atoms with E-state index in [4.69, 9.17) is 23.8 Å². The van der Waals surface area contributed by atoms with E-state index in [1.54, 1.807) is 17.3 Å². The van der Waals surface area contributed by atoms with E-state index in [9.17, 15) is 9.59 Å². The monoisotopic (exact) mass is 812 g/mol. The van der Waals surface area contributed by atoms with E-state index in [0.717, 1.165) is 53.8 Å². The minimum absolute atomic E-state index is 0.204. The fourth-order valence-corrected chi connectivity index (χ4v) is 7.59. The molecule has 1 saturated heterocycles. The van der Waals surface area contributed by atoms with Crippen molar-refractivity contribution in [3.8, 4) is 17.1 Å². The van der Waals surface area contributed by atoms with Gasteiger partial charge in [0.25, 0.3) is 6.01 Å². The molecule has 3 aromatic carbocycles. The highest BCUT2D eigenvalue weighted by molar-refractivity contribution is 6.04. The molecule has 2 aliphatic heterocycles. The molecule has 2 aliphatic rings. The second kappa shape index (κ2) is 20.7. The van der Waals surface area contributed by atoms with Gasteiger partial charge in [-0.05, 0) is 88.1 Å². The van der Waals surface area contributed by atoms with E-state index in [2.05, 4.69) is 63.4 Å². The molecule has 1 aromatic heterocycles. The number of nitrogens with zero attached hydrogens (tertiary/aromatic N) is 7. The summed E-state index contributed by atoms with van der Waals surface area (Å²) < 4.78 is 23.9. The summed E-state index contributed by atoms with van der Waals surface area (Å²) in [6.07, 6.45) is 5.94. The van der Waals surface area contributed by atoms with Crippen molar-refractivity contribution in [3.63, 3.8) is 0 Å². The van der Waals surface area contributed by atoms with Crippen LogP contribution < -0.4 is 15.7 Å². The lowest BCUT2D eigenvalue weighted by Gasteiger charge is -2.32. The number of esters is 1. The maximum Gasteiger partial charge on any atom is 0.511 e. The molecule has 3 heterocycles. The van der Waals surface area contributed by atoms with Crippen molar-refractivity contribution in [2.45, 2.75) is 104 Å².